The summed E-state index contributed by atoms with van der Waals surface area (Å²) >= 11 is 17.0. The topological polar surface area (TPSA) is 24.8 Å². The first-order valence-corrected chi connectivity index (χ1v) is 15.1. The van der Waals surface area contributed by atoms with Gasteiger partial charge in [0.2, 0.25) is 0 Å². The van der Waals surface area contributed by atoms with Crippen molar-refractivity contribution in [3.63, 3.8) is 0 Å². The van der Waals surface area contributed by atoms with Crippen molar-refractivity contribution >= 4 is 61.6 Å². The molecule has 0 saturated heterocycles. The molecule has 3 nitrogen and oxygen atoms in total. The lowest BCUT2D eigenvalue weighted by Gasteiger charge is -2.19. The zero-order valence-corrected chi connectivity index (χ0v) is 26.3. The van der Waals surface area contributed by atoms with Gasteiger partial charge in [-0.25, -0.2) is 9.38 Å². The molecule has 0 bridgehead atoms. The van der Waals surface area contributed by atoms with Crippen molar-refractivity contribution in [1.82, 2.24) is 4.90 Å². The van der Waals surface area contributed by atoms with Crippen LogP contribution in [-0.4, -0.2) is 43.0 Å². The molecule has 0 N–H and O–H groups in total. The Morgan fingerprint density at radius 1 is 1.16 bits per heavy atom. The molecule has 0 aromatic heterocycles. The van der Waals surface area contributed by atoms with Crippen molar-refractivity contribution in [3.05, 3.63) is 93.4 Å². The van der Waals surface area contributed by atoms with E-state index in [2.05, 4.69) is 29.4 Å². The Labute approximate surface area is 244 Å². The predicted molar refractivity (Wildman–Crippen MR) is 167 cm³/mol. The number of hydrogen-bond donors (Lipinski definition) is 0. The maximum absolute atomic E-state index is 14.5. The molecule has 0 fully saturated rings. The van der Waals surface area contributed by atoms with E-state index in [9.17, 15) is 4.39 Å². The van der Waals surface area contributed by atoms with E-state index >= 15 is 0 Å². The minimum atomic E-state index is -0.323. The predicted octanol–water partition coefficient (Wildman–Crippen LogP) is 9.60. The molecule has 2 aromatic carbocycles. The van der Waals surface area contributed by atoms with Gasteiger partial charge in [-0.3, -0.25) is 0 Å². The summed E-state index contributed by atoms with van der Waals surface area (Å²) in [6.07, 6.45) is 2.98. The maximum atomic E-state index is 14.5. The van der Waals surface area contributed by atoms with Crippen molar-refractivity contribution in [1.29, 1.82) is 0 Å². The highest BCUT2D eigenvalue weighted by Gasteiger charge is 2.14. The lowest BCUT2D eigenvalue weighted by atomic mass is 10.0. The van der Waals surface area contributed by atoms with E-state index in [0.29, 0.717) is 34.4 Å². The number of hydrogen-bond acceptors (Lipinski definition) is 3. The number of rotatable bonds is 11. The highest BCUT2D eigenvalue weighted by Crippen LogP contribution is 2.32. The van der Waals surface area contributed by atoms with Crippen molar-refractivity contribution in [2.45, 2.75) is 33.6 Å². The van der Waals surface area contributed by atoms with E-state index in [1.165, 1.54) is 6.07 Å². The second-order valence-electron chi connectivity index (χ2n) is 8.08. The fourth-order valence-corrected chi connectivity index (χ4v) is 4.69. The molecule has 8 heteroatoms. The summed E-state index contributed by atoms with van der Waals surface area (Å²) in [5.41, 5.74) is 3.37. The number of halogens is 4. The minimum absolute atomic E-state index is 0.323. The molecule has 0 aliphatic heterocycles. The number of ether oxygens (including phenoxy) is 1. The SMILES string of the molecule is C=C(Cl)/C=C(\SCC(=N/C(Cc1c(F)cccc1Cl)=C(\C)CC)N(C)C)c1ccc(OCC)cc1.CBr. The van der Waals surface area contributed by atoms with Crippen LogP contribution in [0, 0.1) is 5.82 Å². The Morgan fingerprint density at radius 3 is 2.32 bits per heavy atom. The number of alkyl halides is 1. The molecule has 0 atom stereocenters. The molecule has 2 rings (SSSR count). The van der Waals surface area contributed by atoms with Gasteiger partial charge in [0.25, 0.3) is 0 Å². The fraction of sp³-hybridized carbons (Fsp3) is 0.345. The van der Waals surface area contributed by atoms with Gasteiger partial charge in [-0.15, -0.1) is 11.8 Å². The third-order valence-electron chi connectivity index (χ3n) is 5.30. The molecule has 0 spiro atoms. The van der Waals surface area contributed by atoms with Gasteiger partial charge in [-0.2, -0.15) is 0 Å². The highest BCUT2D eigenvalue weighted by molar-refractivity contribution is 9.08. The van der Waals surface area contributed by atoms with Crippen LogP contribution in [0.4, 0.5) is 4.39 Å². The summed E-state index contributed by atoms with van der Waals surface area (Å²) in [6, 6.07) is 12.6. The largest absolute Gasteiger partial charge is 0.494 e. The van der Waals surface area contributed by atoms with Crippen LogP contribution in [-0.2, 0) is 6.42 Å². The lowest BCUT2D eigenvalue weighted by molar-refractivity contribution is 0.340. The summed E-state index contributed by atoms with van der Waals surface area (Å²) in [6.45, 7) is 10.5. The van der Waals surface area contributed by atoms with Crippen LogP contribution in [0.5, 0.6) is 5.75 Å². The van der Waals surface area contributed by atoms with Crippen LogP contribution in [0.15, 0.2) is 76.4 Å². The van der Waals surface area contributed by atoms with Crippen LogP contribution in [0.25, 0.3) is 4.91 Å². The first-order valence-electron chi connectivity index (χ1n) is 11.8. The van der Waals surface area contributed by atoms with E-state index in [-0.39, 0.29) is 5.82 Å². The van der Waals surface area contributed by atoms with Crippen LogP contribution < -0.4 is 4.74 Å². The molecule has 0 aliphatic carbocycles. The normalized spacial score (nSPS) is 12.4. The van der Waals surface area contributed by atoms with E-state index in [1.54, 1.807) is 23.9 Å². The minimum Gasteiger partial charge on any atom is -0.494 e. The quantitative estimate of drug-likeness (QED) is 0.107. The molecule has 0 radical (unpaired) electrons. The summed E-state index contributed by atoms with van der Waals surface area (Å²) in [7, 11) is 3.91. The first kappa shape index (κ1) is 33.3. The highest BCUT2D eigenvalue weighted by atomic mass is 79.9. The van der Waals surface area contributed by atoms with Crippen molar-refractivity contribution in [3.8, 4) is 5.75 Å². The Kier molecular flexibility index (Phi) is 15.9. The summed E-state index contributed by atoms with van der Waals surface area (Å²) < 4.78 is 20.1. The van der Waals surface area contributed by atoms with E-state index in [4.69, 9.17) is 32.9 Å². The smallest absolute Gasteiger partial charge is 0.128 e. The molecule has 0 saturated carbocycles. The number of allylic oxidation sites excluding steroid dienone is 4. The molecule has 202 valence electrons. The fourth-order valence-electron chi connectivity index (χ4n) is 3.15. The van der Waals surface area contributed by atoms with Crippen LogP contribution in [0.3, 0.4) is 0 Å². The van der Waals surface area contributed by atoms with Crippen molar-refractivity contribution < 1.29 is 9.13 Å². The van der Waals surface area contributed by atoms with Crippen molar-refractivity contribution in [2.24, 2.45) is 4.99 Å². The number of benzene rings is 2. The van der Waals surface area contributed by atoms with Gasteiger partial charge in [0, 0.05) is 46.7 Å². The number of nitrogens with zero attached hydrogens (tertiary/aromatic N) is 2. The van der Waals surface area contributed by atoms with E-state index < -0.39 is 0 Å². The van der Waals surface area contributed by atoms with Crippen LogP contribution in [0.1, 0.15) is 38.3 Å². The second-order valence-corrected chi connectivity index (χ2v) is 9.99. The average molecular weight is 630 g/mol. The van der Waals surface area contributed by atoms with Gasteiger partial charge in [0.15, 0.2) is 0 Å². The van der Waals surface area contributed by atoms with E-state index in [1.807, 2.05) is 69.0 Å². The van der Waals surface area contributed by atoms with Gasteiger partial charge in [0.05, 0.1) is 12.4 Å². The number of thioether (sulfide) groups is 1. The molecule has 0 heterocycles. The van der Waals surface area contributed by atoms with E-state index in [0.717, 1.165) is 39.7 Å². The van der Waals surface area contributed by atoms with Gasteiger partial charge < -0.3 is 9.64 Å². The molecule has 0 aliphatic rings. The number of amidine groups is 1. The molecule has 0 unspecified atom stereocenters. The Balaban J connectivity index is 0.00000334. The second kappa shape index (κ2) is 17.7. The summed E-state index contributed by atoms with van der Waals surface area (Å²) in [4.78, 5) is 7.93. The monoisotopic (exact) mass is 628 g/mol. The zero-order valence-electron chi connectivity index (χ0n) is 22.4. The third-order valence-corrected chi connectivity index (χ3v) is 6.83. The lowest BCUT2D eigenvalue weighted by Crippen LogP contribution is -2.24. The maximum Gasteiger partial charge on any atom is 0.128 e. The van der Waals surface area contributed by atoms with Gasteiger partial charge in [0.1, 0.15) is 17.4 Å². The third kappa shape index (κ3) is 11.3. The van der Waals surface area contributed by atoms with Gasteiger partial charge in [-0.05, 0) is 62.0 Å². The average Bonchev–Trinajstić information content (AvgIpc) is 2.87. The van der Waals surface area contributed by atoms with Crippen LogP contribution in [0.2, 0.25) is 5.02 Å². The Hall–Kier alpha value is -1.73. The Morgan fingerprint density at radius 2 is 1.81 bits per heavy atom. The van der Waals surface area contributed by atoms with Crippen molar-refractivity contribution in [2.75, 3.05) is 32.3 Å². The number of aliphatic imine (C=N–C) groups is 1. The standard InChI is InChI=1S/C28H33Cl2FN2OS.CH3Br/c1-7-19(3)26(17-23-24(30)10-9-11-25(23)31)32-28(33(5)6)18-35-27(16-20(4)29)21-12-14-22(15-13-21)34-8-2;1-2/h9-16H,4,7-8,17-18H2,1-3,5-6H3;1H3/b26-19+,27-16-,32-28?;. The van der Waals surface area contributed by atoms with Gasteiger partial charge in [-0.1, -0.05) is 76.4 Å². The Bertz CT molecular complexity index is 1100. The molecule has 0 amide bonds. The zero-order chi connectivity index (χ0) is 28.0. The molecular formula is C29H36BrCl2FN2OS. The molecule has 37 heavy (non-hydrogen) atoms. The summed E-state index contributed by atoms with van der Waals surface area (Å²) in [5, 5.41) is 0.852. The molecular weight excluding hydrogens is 594 g/mol. The van der Waals surface area contributed by atoms with Gasteiger partial charge >= 0.3 is 0 Å². The first-order chi connectivity index (χ1) is 17.7. The summed E-state index contributed by atoms with van der Waals surface area (Å²) in [5.74, 6) is 3.74. The molecule has 2 aromatic rings. The van der Waals surface area contributed by atoms with Crippen LogP contribution >= 0.6 is 50.9 Å².